The molecule has 2 aromatic carbocycles. The highest BCUT2D eigenvalue weighted by molar-refractivity contribution is 6.06. The maximum Gasteiger partial charge on any atom is 0.255 e. The molecule has 2 aromatic rings. The molecule has 308 valence electrons. The molecule has 14 heteroatoms. The van der Waals surface area contributed by atoms with Crippen molar-refractivity contribution in [1.82, 2.24) is 30.2 Å². The molecule has 0 radical (unpaired) electrons. The number of allylic oxidation sites excluding steroid dienone is 1. The van der Waals surface area contributed by atoms with Crippen molar-refractivity contribution in [3.05, 3.63) is 76.7 Å². The number of piperazine rings is 1. The number of nitrogens with one attached hydrogen (secondary N) is 2. The zero-order valence-electron chi connectivity index (χ0n) is 34.0. The first-order valence-electron chi connectivity index (χ1n) is 20.6. The van der Waals surface area contributed by atoms with E-state index in [-0.39, 0.29) is 30.4 Å². The Labute approximate surface area is 336 Å². The number of amides is 3. The molecule has 5 aliphatic heterocycles. The minimum atomic E-state index is -0.717. The van der Waals surface area contributed by atoms with Crippen molar-refractivity contribution in [1.29, 1.82) is 0 Å². The summed E-state index contributed by atoms with van der Waals surface area (Å²) in [6.07, 6.45) is 6.71. The standard InChI is InChI=1S/C25H32N4O4.C16H23N5O.C2H6/c1-27(22-4-5-23(31)26-24(22)32)25(33)21-11-20(3-2-17(21)15-30)29-8-6-16(7-9-29)12-28-13-18-10-19(18)14-28;1-20-6-7-21-11(10-20)9-19-16(18)14(21)8-13(17)12-4-2-3-5-15(12)22;1-2/h2-3,11,15-16,18-19,22H,4-10,12-14H2,1H3,(H,26,31,32);2-5,8,11,19,22H,6-7,9-10,17-18H2,1H3;1-2H3/b;13-8-;. The quantitative estimate of drug-likeness (QED) is 0.196. The Morgan fingerprint density at radius 1 is 0.982 bits per heavy atom. The van der Waals surface area contributed by atoms with E-state index in [9.17, 15) is 24.3 Å². The molecule has 3 amide bonds. The number of rotatable bonds is 8. The van der Waals surface area contributed by atoms with E-state index >= 15 is 0 Å². The zero-order chi connectivity index (χ0) is 40.8. The van der Waals surface area contributed by atoms with Gasteiger partial charge in [-0.2, -0.15) is 0 Å². The average Bonchev–Trinajstić information content (AvgIpc) is 3.83. The fourth-order valence-corrected chi connectivity index (χ4v) is 8.87. The number of carbonyl (C=O) groups excluding carboxylic acids is 4. The second-order valence-corrected chi connectivity index (χ2v) is 16.1. The van der Waals surface area contributed by atoms with Gasteiger partial charge in [-0.3, -0.25) is 24.5 Å². The number of benzene rings is 2. The van der Waals surface area contributed by atoms with Crippen LogP contribution in [0.4, 0.5) is 5.69 Å². The van der Waals surface area contributed by atoms with Gasteiger partial charge in [0.1, 0.15) is 17.6 Å². The molecule has 6 aliphatic rings. The first-order valence-corrected chi connectivity index (χ1v) is 20.6. The Kier molecular flexibility index (Phi) is 13.5. The average molecular weight is 784 g/mol. The third-order valence-electron chi connectivity index (χ3n) is 12.2. The second-order valence-electron chi connectivity index (χ2n) is 16.1. The van der Waals surface area contributed by atoms with E-state index in [0.29, 0.717) is 46.5 Å². The highest BCUT2D eigenvalue weighted by Gasteiger charge is 2.45. The van der Waals surface area contributed by atoms with Gasteiger partial charge in [-0.1, -0.05) is 26.0 Å². The molecule has 5 fully saturated rings. The fraction of sp³-hybridized carbons (Fsp3) is 0.535. The lowest BCUT2D eigenvalue weighted by Crippen LogP contribution is -2.58. The van der Waals surface area contributed by atoms with Gasteiger partial charge in [-0.25, -0.2) is 0 Å². The molecule has 4 saturated heterocycles. The number of hydrogen-bond donors (Lipinski definition) is 5. The molecule has 57 heavy (non-hydrogen) atoms. The third kappa shape index (κ3) is 9.73. The number of aldehydes is 1. The van der Waals surface area contributed by atoms with Crippen molar-refractivity contribution in [2.75, 3.05) is 77.9 Å². The number of anilines is 1. The number of hydrogen-bond acceptors (Lipinski definition) is 12. The van der Waals surface area contributed by atoms with Crippen LogP contribution in [0.15, 0.2) is 60.1 Å². The van der Waals surface area contributed by atoms with Crippen molar-refractivity contribution in [2.45, 2.75) is 58.0 Å². The van der Waals surface area contributed by atoms with Crippen LogP contribution in [-0.2, 0) is 9.59 Å². The molecule has 0 spiro atoms. The molecule has 14 nitrogen and oxygen atoms in total. The van der Waals surface area contributed by atoms with Crippen molar-refractivity contribution in [2.24, 2.45) is 29.2 Å². The maximum absolute atomic E-state index is 13.2. The van der Waals surface area contributed by atoms with Gasteiger partial charge in [-0.15, -0.1) is 0 Å². The molecule has 1 saturated carbocycles. The van der Waals surface area contributed by atoms with Crippen LogP contribution in [0.2, 0.25) is 0 Å². The van der Waals surface area contributed by atoms with Gasteiger partial charge in [0.05, 0.1) is 17.3 Å². The fourth-order valence-electron chi connectivity index (χ4n) is 8.87. The van der Waals surface area contributed by atoms with E-state index in [0.717, 1.165) is 75.3 Å². The molecule has 4 atom stereocenters. The van der Waals surface area contributed by atoms with Crippen LogP contribution >= 0.6 is 0 Å². The summed E-state index contributed by atoms with van der Waals surface area (Å²) in [5, 5.41) is 15.5. The molecule has 7 N–H and O–H groups in total. The number of phenols is 1. The number of piperidine rings is 3. The van der Waals surface area contributed by atoms with Gasteiger partial charge in [0.15, 0.2) is 6.29 Å². The number of para-hydroxylation sites is 1. The Balaban J connectivity index is 0.000000199. The first-order chi connectivity index (χ1) is 27.5. The van der Waals surface area contributed by atoms with Gasteiger partial charge in [0.2, 0.25) is 11.8 Å². The SMILES string of the molecule is CC.CN(C(=O)c1cc(N2CCC(CN3CC4CC4C3)CC2)ccc1C=O)C1CCC(=O)NC1=O.CN1CCN2C(/C=C(\N)c3ccccc3O)=C(N)NCC2C1. The summed E-state index contributed by atoms with van der Waals surface area (Å²) < 4.78 is 0. The van der Waals surface area contributed by atoms with Crippen molar-refractivity contribution in [3.8, 4) is 5.75 Å². The Hall–Kier alpha value is -5.08. The van der Waals surface area contributed by atoms with E-state index < -0.39 is 11.9 Å². The Morgan fingerprint density at radius 2 is 1.70 bits per heavy atom. The minimum Gasteiger partial charge on any atom is -0.507 e. The van der Waals surface area contributed by atoms with Crippen LogP contribution in [0.25, 0.3) is 5.70 Å². The van der Waals surface area contributed by atoms with Gasteiger partial charge in [0, 0.05) is 94.9 Å². The van der Waals surface area contributed by atoms with Gasteiger partial charge >= 0.3 is 0 Å². The highest BCUT2D eigenvalue weighted by Crippen LogP contribution is 2.45. The smallest absolute Gasteiger partial charge is 0.255 e. The number of likely N-dealkylation sites (tertiary alicyclic amines) is 1. The lowest BCUT2D eigenvalue weighted by molar-refractivity contribution is -0.136. The number of nitrogens with zero attached hydrogens (tertiary/aromatic N) is 5. The van der Waals surface area contributed by atoms with E-state index in [1.165, 1.54) is 31.0 Å². The van der Waals surface area contributed by atoms with Crippen molar-refractivity contribution < 1.29 is 24.3 Å². The number of carbonyl (C=O) groups is 4. The van der Waals surface area contributed by atoms with Gasteiger partial charge < -0.3 is 46.4 Å². The predicted octanol–water partition coefficient (Wildman–Crippen LogP) is 2.61. The number of nitrogens with two attached hydrogens (primary N) is 2. The van der Waals surface area contributed by atoms with E-state index in [4.69, 9.17) is 11.5 Å². The molecule has 4 unspecified atom stereocenters. The lowest BCUT2D eigenvalue weighted by atomic mass is 9.95. The lowest BCUT2D eigenvalue weighted by Gasteiger charge is -2.45. The number of likely N-dealkylation sites (N-methyl/N-ethyl adjacent to an activating group) is 2. The van der Waals surface area contributed by atoms with Crippen LogP contribution < -0.4 is 27.0 Å². The summed E-state index contributed by atoms with van der Waals surface area (Å²) in [5.41, 5.74) is 15.9. The molecule has 8 rings (SSSR count). The number of imide groups is 1. The number of phenolic OH excluding ortho intramolecular Hbond substituents is 1. The largest absolute Gasteiger partial charge is 0.507 e. The predicted molar refractivity (Wildman–Crippen MR) is 222 cm³/mol. The number of aromatic hydroxyl groups is 1. The summed E-state index contributed by atoms with van der Waals surface area (Å²) in [7, 11) is 3.68. The first kappa shape index (κ1) is 41.6. The highest BCUT2D eigenvalue weighted by atomic mass is 16.3. The van der Waals surface area contributed by atoms with E-state index in [2.05, 4.69) is 37.3 Å². The molecule has 1 aliphatic carbocycles. The van der Waals surface area contributed by atoms with Gasteiger partial charge in [0.25, 0.3) is 5.91 Å². The monoisotopic (exact) mass is 783 g/mol. The summed E-state index contributed by atoms with van der Waals surface area (Å²) in [5.74, 6) is 2.30. The normalized spacial score (nSPS) is 25.2. The number of fused-ring (bicyclic) bond motifs is 2. The second kappa shape index (κ2) is 18.5. The van der Waals surface area contributed by atoms with Crippen molar-refractivity contribution >= 4 is 35.4 Å². The maximum atomic E-state index is 13.2. The summed E-state index contributed by atoms with van der Waals surface area (Å²) in [6.45, 7) is 13.4. The molecule has 0 aromatic heterocycles. The van der Waals surface area contributed by atoms with Crippen LogP contribution in [-0.4, -0.2) is 134 Å². The van der Waals surface area contributed by atoms with Crippen LogP contribution in [0, 0.1) is 17.8 Å². The Morgan fingerprint density at radius 3 is 2.39 bits per heavy atom. The van der Waals surface area contributed by atoms with E-state index in [1.54, 1.807) is 37.4 Å². The van der Waals surface area contributed by atoms with Crippen molar-refractivity contribution in [3.63, 3.8) is 0 Å². The van der Waals surface area contributed by atoms with Crippen LogP contribution in [0.1, 0.15) is 72.2 Å². The molecular weight excluding hydrogens is 723 g/mol. The third-order valence-corrected chi connectivity index (χ3v) is 12.2. The summed E-state index contributed by atoms with van der Waals surface area (Å²) in [6, 6.07) is 12.1. The minimum absolute atomic E-state index is 0.175. The molecular formula is C43H61N9O5. The molecule has 5 heterocycles. The van der Waals surface area contributed by atoms with Crippen LogP contribution in [0.5, 0.6) is 5.75 Å². The zero-order valence-corrected chi connectivity index (χ0v) is 34.0. The van der Waals surface area contributed by atoms with E-state index in [1.807, 2.05) is 32.1 Å². The topological polar surface area (TPSA) is 181 Å². The summed E-state index contributed by atoms with van der Waals surface area (Å²) in [4.78, 5) is 59.4. The summed E-state index contributed by atoms with van der Waals surface area (Å²) >= 11 is 0. The van der Waals surface area contributed by atoms with Crippen LogP contribution in [0.3, 0.4) is 0 Å². The molecule has 0 bridgehead atoms. The van der Waals surface area contributed by atoms with Gasteiger partial charge in [-0.05, 0) is 86.9 Å². The Bertz CT molecular complexity index is 1850.